The first-order valence-electron chi connectivity index (χ1n) is 4.59. The van der Waals surface area contributed by atoms with E-state index in [0.29, 0.717) is 0 Å². The van der Waals surface area contributed by atoms with Crippen molar-refractivity contribution in [1.82, 2.24) is 0 Å². The molecular weight excluding hydrogens is 500 g/mol. The van der Waals surface area contributed by atoms with Crippen LogP contribution in [0.1, 0.15) is 67.7 Å². The number of unbranched alkanes of at least 4 members (excludes halogenated alkanes) is 2. The van der Waals surface area contributed by atoms with E-state index in [1.807, 2.05) is 0 Å². The van der Waals surface area contributed by atoms with Crippen LogP contribution in [0.3, 0.4) is 0 Å². The van der Waals surface area contributed by atoms with Crippen molar-refractivity contribution >= 4 is 0 Å². The van der Waals surface area contributed by atoms with Crippen LogP contribution in [0.25, 0.3) is 0 Å². The molecule has 16 heavy (non-hydrogen) atoms. The summed E-state index contributed by atoms with van der Waals surface area (Å²) in [5, 5.41) is 0. The van der Waals surface area contributed by atoms with E-state index < -0.39 is 0 Å². The molecule has 0 aliphatic rings. The van der Waals surface area contributed by atoms with E-state index in [9.17, 15) is 0 Å². The quantitative estimate of drug-likeness (QED) is 0.422. The monoisotopic (exact) mass is 529 g/mol. The molecule has 0 rings (SSSR count). The van der Waals surface area contributed by atoms with E-state index in [1.54, 1.807) is 0 Å². The van der Waals surface area contributed by atoms with Gasteiger partial charge >= 0.3 is 0 Å². The Morgan fingerprint density at radius 1 is 0.938 bits per heavy atom. The smallest absolute Gasteiger partial charge is 0 e. The first-order valence-corrected chi connectivity index (χ1v) is 4.59. The molecule has 90 valence electrons. The van der Waals surface area contributed by atoms with E-state index in [1.165, 1.54) is 32.1 Å². The molecule has 0 spiro atoms. The largest absolute Gasteiger partial charge is 0.332 e. The Bertz CT molecular complexity index is 62.0. The summed E-state index contributed by atoms with van der Waals surface area (Å²) in [6.45, 7) is 6.77. The molecule has 0 aromatic rings. The normalized spacial score (nSPS) is 8.44. The van der Waals surface area contributed by atoms with Crippen LogP contribution in [0.15, 0.2) is 0 Å². The third-order valence-corrected chi connectivity index (χ3v) is 2.00. The molecule has 1 atom stereocenters. The standard InChI is InChI=1S/C10H21.2CH4.4Y/c1-4-6-8-10(3)9-7-5-2;;;;;;/h4,10H,5-9H2,1-3H3;2*1H4;;;;/q-1;;;;;;/t10-;;;;;;/m0....../s1. The molecule has 0 aliphatic heterocycles. The van der Waals surface area contributed by atoms with E-state index in [0.717, 1.165) is 5.92 Å². The second kappa shape index (κ2) is 36.6. The van der Waals surface area contributed by atoms with Gasteiger partial charge in [-0.05, 0) is 5.92 Å². The van der Waals surface area contributed by atoms with Crippen LogP contribution in [0.2, 0.25) is 0 Å². The predicted molar refractivity (Wildman–Crippen MR) is 61.4 cm³/mol. The third-order valence-electron chi connectivity index (χ3n) is 2.00. The van der Waals surface area contributed by atoms with Crippen LogP contribution in [-0.2, 0) is 131 Å². The fourth-order valence-corrected chi connectivity index (χ4v) is 1.15. The zero-order valence-electron chi connectivity index (χ0n) is 10.00. The molecule has 0 saturated carbocycles. The van der Waals surface area contributed by atoms with Crippen molar-refractivity contribution in [2.45, 2.75) is 67.7 Å². The van der Waals surface area contributed by atoms with Gasteiger partial charge in [0.25, 0.3) is 0 Å². The summed E-state index contributed by atoms with van der Waals surface area (Å²) in [6.07, 6.45) is 9.12. The van der Waals surface area contributed by atoms with Crippen LogP contribution in [-0.4, -0.2) is 0 Å². The maximum absolute atomic E-state index is 2.36. The Balaban J connectivity index is -0.0000000270. The molecule has 4 heteroatoms. The fourth-order valence-electron chi connectivity index (χ4n) is 1.15. The average molecular weight is 529 g/mol. The summed E-state index contributed by atoms with van der Waals surface area (Å²) in [4.78, 5) is 0. The van der Waals surface area contributed by atoms with Crippen molar-refractivity contribution < 1.29 is 131 Å². The predicted octanol–water partition coefficient (Wildman–Crippen LogP) is 5.08. The second-order valence-electron chi connectivity index (χ2n) is 3.23. The van der Waals surface area contributed by atoms with E-state index in [2.05, 4.69) is 27.2 Å². The minimum absolute atomic E-state index is 0. The van der Waals surface area contributed by atoms with Crippen molar-refractivity contribution in [3.63, 3.8) is 0 Å². The van der Waals surface area contributed by atoms with Gasteiger partial charge in [0.1, 0.15) is 0 Å². The van der Waals surface area contributed by atoms with Crippen molar-refractivity contribution in [2.24, 2.45) is 5.92 Å². The summed E-state index contributed by atoms with van der Waals surface area (Å²) in [6, 6.07) is 0. The average Bonchev–Trinajstić information content (AvgIpc) is 1.97. The Morgan fingerprint density at radius 2 is 1.38 bits per heavy atom. The molecule has 0 heterocycles. The summed E-state index contributed by atoms with van der Waals surface area (Å²) < 4.78 is 0. The maximum atomic E-state index is 2.36. The Hall–Kier alpha value is 4.42. The van der Waals surface area contributed by atoms with E-state index in [-0.39, 0.29) is 146 Å². The van der Waals surface area contributed by atoms with Crippen molar-refractivity contribution in [3.8, 4) is 0 Å². The Labute approximate surface area is 206 Å². The zero-order chi connectivity index (χ0) is 7.82. The molecule has 0 aromatic heterocycles. The van der Waals surface area contributed by atoms with Gasteiger partial charge in [0.2, 0.25) is 0 Å². The molecule has 0 amide bonds. The van der Waals surface area contributed by atoms with Crippen LogP contribution in [0, 0.1) is 12.3 Å². The molecule has 0 aromatic carbocycles. The van der Waals surface area contributed by atoms with Crippen molar-refractivity contribution in [3.05, 3.63) is 6.42 Å². The summed E-state index contributed by atoms with van der Waals surface area (Å²) >= 11 is 0. The van der Waals surface area contributed by atoms with Crippen LogP contribution < -0.4 is 0 Å². The summed E-state index contributed by atoms with van der Waals surface area (Å²) in [5.41, 5.74) is 0. The molecule has 0 fully saturated rings. The van der Waals surface area contributed by atoms with E-state index >= 15 is 0 Å². The van der Waals surface area contributed by atoms with Gasteiger partial charge in [-0.1, -0.05) is 54.4 Å². The first kappa shape index (κ1) is 42.8. The first-order chi connectivity index (χ1) is 4.81. The minimum Gasteiger partial charge on any atom is -0.332 e. The van der Waals surface area contributed by atoms with Gasteiger partial charge in [0, 0.05) is 131 Å². The van der Waals surface area contributed by atoms with Gasteiger partial charge in [-0.2, -0.15) is 13.3 Å². The second-order valence-corrected chi connectivity index (χ2v) is 3.23. The minimum atomic E-state index is 0. The van der Waals surface area contributed by atoms with Gasteiger partial charge in [-0.3, -0.25) is 0 Å². The van der Waals surface area contributed by atoms with E-state index in [4.69, 9.17) is 0 Å². The zero-order valence-corrected chi connectivity index (χ0v) is 21.4. The maximum Gasteiger partial charge on any atom is 0 e. The Morgan fingerprint density at radius 3 is 1.69 bits per heavy atom. The summed E-state index contributed by atoms with van der Waals surface area (Å²) in [5.74, 6) is 0.941. The molecule has 4 radical (unpaired) electrons. The van der Waals surface area contributed by atoms with Crippen LogP contribution in [0.5, 0.6) is 0 Å². The summed E-state index contributed by atoms with van der Waals surface area (Å²) in [7, 11) is 0. The Kier molecular flexibility index (Phi) is 97.8. The molecule has 0 N–H and O–H groups in total. The number of rotatable bonds is 6. The molecule has 0 unspecified atom stereocenters. The molecule has 0 saturated heterocycles. The van der Waals surface area contributed by atoms with Gasteiger partial charge in [-0.15, -0.1) is 0 Å². The molecule has 0 bridgehead atoms. The van der Waals surface area contributed by atoms with Crippen LogP contribution in [0.4, 0.5) is 0 Å². The van der Waals surface area contributed by atoms with Crippen molar-refractivity contribution in [1.29, 1.82) is 0 Å². The molecule has 0 aliphatic carbocycles. The van der Waals surface area contributed by atoms with Crippen molar-refractivity contribution in [2.75, 3.05) is 0 Å². The topological polar surface area (TPSA) is 0 Å². The number of hydrogen-bond donors (Lipinski definition) is 0. The number of hydrogen-bond acceptors (Lipinski definition) is 0. The van der Waals surface area contributed by atoms with Gasteiger partial charge in [-0.25, -0.2) is 0 Å². The SMILES string of the molecule is C.C.C[CH-]CC[C@H](C)CCCC.[Y].[Y].[Y].[Y]. The van der Waals surface area contributed by atoms with Crippen LogP contribution >= 0.6 is 0 Å². The van der Waals surface area contributed by atoms with Gasteiger partial charge < -0.3 is 6.42 Å². The van der Waals surface area contributed by atoms with Gasteiger partial charge in [0.05, 0.1) is 0 Å². The third kappa shape index (κ3) is 36.2. The molecular formula is C12H29Y4-. The fraction of sp³-hybridized carbons (Fsp3) is 0.917. The van der Waals surface area contributed by atoms with Gasteiger partial charge in [0.15, 0.2) is 0 Å². The molecule has 0 nitrogen and oxygen atoms in total.